The van der Waals surface area contributed by atoms with Crippen LogP contribution in [0.1, 0.15) is 15.2 Å². The van der Waals surface area contributed by atoms with Crippen LogP contribution < -0.4 is 11.0 Å². The fourth-order valence-electron chi connectivity index (χ4n) is 1.31. The second-order valence-electron chi connectivity index (χ2n) is 3.58. The maximum absolute atomic E-state index is 11.7. The summed E-state index contributed by atoms with van der Waals surface area (Å²) in [7, 11) is 1.59. The average molecular weight is 261 g/mol. The fourth-order valence-corrected chi connectivity index (χ4v) is 1.90. The van der Waals surface area contributed by atoms with Crippen LogP contribution in [0.3, 0.4) is 0 Å². The number of carbonyl (C=O) groups is 1. The molecule has 0 aliphatic carbocycles. The summed E-state index contributed by atoms with van der Waals surface area (Å²) >= 11 is 1.53. The van der Waals surface area contributed by atoms with Gasteiger partial charge in [-0.2, -0.15) is 5.10 Å². The maximum atomic E-state index is 11.7. The van der Waals surface area contributed by atoms with Crippen molar-refractivity contribution in [1.82, 2.24) is 9.99 Å². The molecule has 0 saturated heterocycles. The van der Waals surface area contributed by atoms with Crippen molar-refractivity contribution < 1.29 is 4.79 Å². The number of carbonyl (C=O) groups excluding carboxylic acids is 1. The number of pyridine rings is 1. The Kier molecular flexibility index (Phi) is 3.69. The predicted octanol–water partition coefficient (Wildman–Crippen LogP) is 1.21. The predicted molar refractivity (Wildman–Crippen MR) is 71.1 cm³/mol. The van der Waals surface area contributed by atoms with Gasteiger partial charge in [-0.25, -0.2) is 5.43 Å². The number of hydrogen-bond donors (Lipinski definition) is 1. The second kappa shape index (κ2) is 5.42. The molecule has 2 heterocycles. The summed E-state index contributed by atoms with van der Waals surface area (Å²) in [4.78, 5) is 23.8. The molecule has 2 rings (SSSR count). The lowest BCUT2D eigenvalue weighted by Gasteiger charge is -2.01. The van der Waals surface area contributed by atoms with Gasteiger partial charge in [-0.1, -0.05) is 6.07 Å². The van der Waals surface area contributed by atoms with Gasteiger partial charge in [-0.05, 0) is 17.5 Å². The average Bonchev–Trinajstić information content (AvgIpc) is 2.85. The van der Waals surface area contributed by atoms with Crippen molar-refractivity contribution in [3.63, 3.8) is 0 Å². The summed E-state index contributed by atoms with van der Waals surface area (Å²) in [6.07, 6.45) is 3.04. The molecule has 0 radical (unpaired) electrons. The van der Waals surface area contributed by atoms with Crippen LogP contribution >= 0.6 is 11.3 Å². The number of amides is 1. The minimum Gasteiger partial charge on any atom is -0.318 e. The van der Waals surface area contributed by atoms with Crippen molar-refractivity contribution in [1.29, 1.82) is 0 Å². The first-order valence-corrected chi connectivity index (χ1v) is 6.08. The molecular formula is C12H11N3O2S. The largest absolute Gasteiger partial charge is 0.318 e. The zero-order valence-corrected chi connectivity index (χ0v) is 10.5. The van der Waals surface area contributed by atoms with Gasteiger partial charge < -0.3 is 4.57 Å². The molecule has 1 amide bonds. The highest BCUT2D eigenvalue weighted by Crippen LogP contribution is 2.04. The third kappa shape index (κ3) is 2.92. The summed E-state index contributed by atoms with van der Waals surface area (Å²) in [5.41, 5.74) is 2.64. The molecule has 0 aliphatic heterocycles. The van der Waals surface area contributed by atoms with E-state index in [1.54, 1.807) is 13.3 Å². The molecule has 1 N–H and O–H groups in total. The number of aromatic nitrogens is 1. The number of rotatable bonds is 3. The SMILES string of the molecule is Cn1cc(C(=O)N/N=C\c2cccs2)ccc1=O. The van der Waals surface area contributed by atoms with Crippen LogP contribution in [0.5, 0.6) is 0 Å². The van der Waals surface area contributed by atoms with Crippen molar-refractivity contribution >= 4 is 23.5 Å². The molecule has 0 aliphatic rings. The lowest BCUT2D eigenvalue weighted by molar-refractivity contribution is 0.0954. The summed E-state index contributed by atoms with van der Waals surface area (Å²) in [5, 5.41) is 5.77. The highest BCUT2D eigenvalue weighted by atomic mass is 32.1. The molecule has 18 heavy (non-hydrogen) atoms. The Balaban J connectivity index is 2.04. The van der Waals surface area contributed by atoms with Crippen LogP contribution in [0.4, 0.5) is 0 Å². The number of hydrogen-bond acceptors (Lipinski definition) is 4. The van der Waals surface area contributed by atoms with Crippen molar-refractivity contribution in [3.05, 3.63) is 56.6 Å². The Morgan fingerprint density at radius 2 is 2.28 bits per heavy atom. The summed E-state index contributed by atoms with van der Waals surface area (Å²) in [6, 6.07) is 6.61. The zero-order valence-electron chi connectivity index (χ0n) is 9.66. The Morgan fingerprint density at radius 1 is 1.44 bits per heavy atom. The first-order chi connectivity index (χ1) is 8.66. The molecule has 0 bridgehead atoms. The molecule has 0 unspecified atom stereocenters. The Morgan fingerprint density at radius 3 is 2.94 bits per heavy atom. The van der Waals surface area contributed by atoms with Gasteiger partial charge >= 0.3 is 0 Å². The van der Waals surface area contributed by atoms with Crippen LogP contribution in [-0.4, -0.2) is 16.7 Å². The Labute approximate surface area is 107 Å². The summed E-state index contributed by atoms with van der Waals surface area (Å²) < 4.78 is 1.35. The van der Waals surface area contributed by atoms with Gasteiger partial charge in [0.05, 0.1) is 11.8 Å². The van der Waals surface area contributed by atoms with Gasteiger partial charge in [0, 0.05) is 24.2 Å². The highest BCUT2D eigenvalue weighted by Gasteiger charge is 2.04. The van der Waals surface area contributed by atoms with E-state index in [9.17, 15) is 9.59 Å². The summed E-state index contributed by atoms with van der Waals surface area (Å²) in [6.45, 7) is 0. The molecular weight excluding hydrogens is 250 g/mol. The van der Waals surface area contributed by atoms with Gasteiger partial charge in [-0.3, -0.25) is 9.59 Å². The number of nitrogens with zero attached hydrogens (tertiary/aromatic N) is 2. The van der Waals surface area contributed by atoms with E-state index in [1.165, 1.54) is 34.2 Å². The number of thiophene rings is 1. The van der Waals surface area contributed by atoms with E-state index in [0.29, 0.717) is 5.56 Å². The van der Waals surface area contributed by atoms with Crippen LogP contribution in [0.25, 0.3) is 0 Å². The van der Waals surface area contributed by atoms with Gasteiger partial charge in [-0.15, -0.1) is 11.3 Å². The molecule has 2 aromatic rings. The van der Waals surface area contributed by atoms with E-state index >= 15 is 0 Å². The maximum Gasteiger partial charge on any atom is 0.272 e. The van der Waals surface area contributed by atoms with Gasteiger partial charge in [0.25, 0.3) is 5.91 Å². The lowest BCUT2D eigenvalue weighted by atomic mass is 10.3. The molecule has 0 saturated carbocycles. The van der Waals surface area contributed by atoms with E-state index in [2.05, 4.69) is 10.5 Å². The molecule has 0 spiro atoms. The van der Waals surface area contributed by atoms with E-state index in [-0.39, 0.29) is 11.5 Å². The lowest BCUT2D eigenvalue weighted by Crippen LogP contribution is -2.22. The smallest absolute Gasteiger partial charge is 0.272 e. The van der Waals surface area contributed by atoms with Crippen LogP contribution in [0.15, 0.2) is 45.7 Å². The molecule has 5 nitrogen and oxygen atoms in total. The normalized spacial score (nSPS) is 10.7. The Hall–Kier alpha value is -2.21. The molecule has 2 aromatic heterocycles. The van der Waals surface area contributed by atoms with E-state index in [4.69, 9.17) is 0 Å². The molecule has 0 atom stereocenters. The minimum absolute atomic E-state index is 0.159. The third-order valence-electron chi connectivity index (χ3n) is 2.25. The van der Waals surface area contributed by atoms with Crippen LogP contribution in [0.2, 0.25) is 0 Å². The van der Waals surface area contributed by atoms with Crippen molar-refractivity contribution in [3.8, 4) is 0 Å². The zero-order chi connectivity index (χ0) is 13.0. The van der Waals surface area contributed by atoms with Gasteiger partial charge in [0.15, 0.2) is 0 Å². The fraction of sp³-hybridized carbons (Fsp3) is 0.0833. The van der Waals surface area contributed by atoms with Crippen molar-refractivity contribution in [2.24, 2.45) is 12.1 Å². The first kappa shape index (κ1) is 12.3. The number of aryl methyl sites for hydroxylation is 1. The third-order valence-corrected chi connectivity index (χ3v) is 3.06. The minimum atomic E-state index is -0.349. The van der Waals surface area contributed by atoms with E-state index in [0.717, 1.165) is 4.88 Å². The monoisotopic (exact) mass is 261 g/mol. The molecule has 0 fully saturated rings. The van der Waals surface area contributed by atoms with Gasteiger partial charge in [0.1, 0.15) is 0 Å². The van der Waals surface area contributed by atoms with Crippen molar-refractivity contribution in [2.75, 3.05) is 0 Å². The number of hydrazone groups is 1. The van der Waals surface area contributed by atoms with E-state index in [1.807, 2.05) is 17.5 Å². The quantitative estimate of drug-likeness (QED) is 0.666. The molecule has 6 heteroatoms. The van der Waals surface area contributed by atoms with Gasteiger partial charge in [0.2, 0.25) is 5.56 Å². The van der Waals surface area contributed by atoms with Crippen LogP contribution in [0, 0.1) is 0 Å². The van der Waals surface area contributed by atoms with Crippen molar-refractivity contribution in [2.45, 2.75) is 0 Å². The van der Waals surface area contributed by atoms with Crippen LogP contribution in [-0.2, 0) is 7.05 Å². The second-order valence-corrected chi connectivity index (χ2v) is 4.56. The number of nitrogens with one attached hydrogen (secondary N) is 1. The highest BCUT2D eigenvalue weighted by molar-refractivity contribution is 7.11. The first-order valence-electron chi connectivity index (χ1n) is 5.20. The standard InChI is InChI=1S/C12H11N3O2S/c1-15-8-9(4-5-11(15)16)12(17)14-13-7-10-3-2-6-18-10/h2-8H,1H3,(H,14,17)/b13-7-. The molecule has 92 valence electrons. The summed E-state index contributed by atoms with van der Waals surface area (Å²) in [5.74, 6) is -0.349. The molecule has 0 aromatic carbocycles. The topological polar surface area (TPSA) is 63.5 Å². The van der Waals surface area contributed by atoms with E-state index < -0.39 is 0 Å². The Bertz CT molecular complexity index is 629.